The van der Waals surface area contributed by atoms with Crippen molar-refractivity contribution in [1.29, 1.82) is 0 Å². The fourth-order valence-corrected chi connectivity index (χ4v) is 4.58. The summed E-state index contributed by atoms with van der Waals surface area (Å²) in [5.41, 5.74) is 1.65. The van der Waals surface area contributed by atoms with Crippen LogP contribution in [0.2, 0.25) is 0 Å². The zero-order chi connectivity index (χ0) is 28.8. The van der Waals surface area contributed by atoms with Gasteiger partial charge in [-0.05, 0) is 66.1 Å². The molecule has 0 spiro atoms. The molecule has 1 aromatic heterocycles. The third-order valence-corrected chi connectivity index (χ3v) is 6.62. The second kappa shape index (κ2) is 12.3. The predicted octanol–water partition coefficient (Wildman–Crippen LogP) is 3.83. The number of nitrogens with one attached hydrogen (secondary N) is 2. The summed E-state index contributed by atoms with van der Waals surface area (Å²) in [6.07, 6.45) is 0.875. The van der Waals surface area contributed by atoms with Crippen LogP contribution >= 0.6 is 0 Å². The molecule has 0 aliphatic heterocycles. The molecule has 0 atom stereocenters. The number of hydrogen-bond donors (Lipinski definition) is 2. The van der Waals surface area contributed by atoms with Gasteiger partial charge >= 0.3 is 5.69 Å². The summed E-state index contributed by atoms with van der Waals surface area (Å²) in [4.78, 5) is 52.2. The molecule has 0 radical (unpaired) electrons. The molecule has 0 bridgehead atoms. The average molecular weight is 551 g/mol. The van der Waals surface area contributed by atoms with Gasteiger partial charge in [0.1, 0.15) is 12.4 Å². The Kier molecular flexibility index (Phi) is 8.15. The molecule has 4 aromatic carbocycles. The molecule has 0 aliphatic carbocycles. The Hall–Kier alpha value is -5.31. The molecule has 1 heterocycles. The van der Waals surface area contributed by atoms with Crippen LogP contribution in [0.1, 0.15) is 11.1 Å². The molecule has 206 valence electrons. The number of fused-ring (bicyclic) bond motifs is 1. The quantitative estimate of drug-likeness (QED) is 0.291. The van der Waals surface area contributed by atoms with E-state index in [4.69, 9.17) is 0 Å². The van der Waals surface area contributed by atoms with E-state index in [9.17, 15) is 23.6 Å². The van der Waals surface area contributed by atoms with Crippen molar-refractivity contribution in [2.24, 2.45) is 0 Å². The van der Waals surface area contributed by atoms with E-state index in [1.807, 2.05) is 30.3 Å². The maximum absolute atomic E-state index is 13.6. The van der Waals surface area contributed by atoms with Crippen LogP contribution in [0.3, 0.4) is 0 Å². The Morgan fingerprint density at radius 1 is 0.732 bits per heavy atom. The van der Waals surface area contributed by atoms with Crippen LogP contribution < -0.4 is 21.9 Å². The third-order valence-electron chi connectivity index (χ3n) is 6.62. The fraction of sp³-hybridized carbons (Fsp3) is 0.125. The van der Waals surface area contributed by atoms with Crippen LogP contribution in [0, 0.1) is 5.82 Å². The first-order valence-corrected chi connectivity index (χ1v) is 13.1. The highest BCUT2D eigenvalue weighted by Crippen LogP contribution is 2.13. The summed E-state index contributed by atoms with van der Waals surface area (Å²) in [5.74, 6) is -1.08. The van der Waals surface area contributed by atoms with Gasteiger partial charge in [0.15, 0.2) is 0 Å². The molecule has 5 rings (SSSR count). The number of rotatable bonds is 9. The van der Waals surface area contributed by atoms with Gasteiger partial charge in [-0.15, -0.1) is 0 Å². The van der Waals surface area contributed by atoms with Gasteiger partial charge in [-0.25, -0.2) is 13.8 Å². The monoisotopic (exact) mass is 550 g/mol. The van der Waals surface area contributed by atoms with E-state index in [1.54, 1.807) is 48.5 Å². The highest BCUT2D eigenvalue weighted by Gasteiger charge is 2.17. The number of benzene rings is 4. The molecule has 0 aliphatic rings. The number of carbonyl (C=O) groups excluding carboxylic acids is 2. The maximum Gasteiger partial charge on any atom is 0.336 e. The topological polar surface area (TPSA) is 102 Å². The van der Waals surface area contributed by atoms with E-state index in [0.717, 1.165) is 22.1 Å². The lowest BCUT2D eigenvalue weighted by molar-refractivity contribution is -0.120. The van der Waals surface area contributed by atoms with Crippen LogP contribution in [0.4, 0.5) is 10.1 Å². The zero-order valence-electron chi connectivity index (χ0n) is 22.0. The summed E-state index contributed by atoms with van der Waals surface area (Å²) in [6.45, 7) is 0.153. The predicted molar refractivity (Wildman–Crippen MR) is 156 cm³/mol. The third kappa shape index (κ3) is 6.47. The van der Waals surface area contributed by atoms with Crippen molar-refractivity contribution in [2.45, 2.75) is 19.4 Å². The van der Waals surface area contributed by atoms with E-state index < -0.39 is 23.0 Å². The number of aromatic nitrogens is 2. The molecule has 41 heavy (non-hydrogen) atoms. The van der Waals surface area contributed by atoms with Gasteiger partial charge in [-0.1, -0.05) is 54.6 Å². The Morgan fingerprint density at radius 2 is 1.41 bits per heavy atom. The van der Waals surface area contributed by atoms with E-state index in [-0.39, 0.29) is 24.3 Å². The minimum Gasteiger partial charge on any atom is -0.355 e. The van der Waals surface area contributed by atoms with Gasteiger partial charge in [0.05, 0.1) is 23.0 Å². The Labute approximate surface area is 234 Å². The Morgan fingerprint density at radius 3 is 2.15 bits per heavy atom. The number of amides is 2. The van der Waals surface area contributed by atoms with Gasteiger partial charge in [0, 0.05) is 12.2 Å². The number of anilines is 1. The highest BCUT2D eigenvalue weighted by molar-refractivity contribution is 5.91. The molecular weight excluding hydrogens is 523 g/mol. The first-order chi connectivity index (χ1) is 19.9. The summed E-state index contributed by atoms with van der Waals surface area (Å²) in [7, 11) is 0. The molecule has 0 saturated heterocycles. The Balaban J connectivity index is 1.35. The summed E-state index contributed by atoms with van der Waals surface area (Å²) < 4.78 is 15.5. The largest absolute Gasteiger partial charge is 0.355 e. The smallest absolute Gasteiger partial charge is 0.336 e. The normalized spacial score (nSPS) is 10.9. The van der Waals surface area contributed by atoms with E-state index in [0.29, 0.717) is 23.4 Å². The number of carbonyl (C=O) groups is 2. The SMILES string of the molecule is O=C(Cc1ccc(-n2c(=O)c3ccccc3n(CC(=O)Nc3ccc(F)cc3)c2=O)cc1)NCCc1ccccc1. The lowest BCUT2D eigenvalue weighted by Gasteiger charge is -2.14. The molecule has 2 amide bonds. The van der Waals surface area contributed by atoms with Gasteiger partial charge < -0.3 is 10.6 Å². The molecule has 5 aromatic rings. The van der Waals surface area contributed by atoms with Crippen LogP contribution in [0.5, 0.6) is 0 Å². The first-order valence-electron chi connectivity index (χ1n) is 13.1. The highest BCUT2D eigenvalue weighted by atomic mass is 19.1. The minimum atomic E-state index is -0.686. The van der Waals surface area contributed by atoms with Crippen molar-refractivity contribution in [3.63, 3.8) is 0 Å². The summed E-state index contributed by atoms with van der Waals surface area (Å²) in [5, 5.41) is 5.82. The molecule has 0 fully saturated rings. The molecular formula is C32H27FN4O4. The lowest BCUT2D eigenvalue weighted by Crippen LogP contribution is -2.40. The van der Waals surface area contributed by atoms with Gasteiger partial charge in [-0.3, -0.25) is 19.0 Å². The standard InChI is InChI=1S/C32H27FN4O4/c33-24-12-14-25(15-13-24)35-30(39)21-36-28-9-5-4-8-27(28)31(40)37(32(36)41)26-16-10-23(11-17-26)20-29(38)34-19-18-22-6-2-1-3-7-22/h1-17H,18-21H2,(H,34,38)(H,35,39). The van der Waals surface area contributed by atoms with Crippen LogP contribution in [-0.2, 0) is 29.0 Å². The van der Waals surface area contributed by atoms with Gasteiger partial charge in [0.2, 0.25) is 11.8 Å². The van der Waals surface area contributed by atoms with Crippen LogP contribution in [-0.4, -0.2) is 27.5 Å². The number of hydrogen-bond acceptors (Lipinski definition) is 4. The molecule has 2 N–H and O–H groups in total. The Bertz CT molecular complexity index is 1810. The van der Waals surface area contributed by atoms with Crippen molar-refractivity contribution in [3.8, 4) is 5.69 Å². The van der Waals surface area contributed by atoms with Crippen molar-refractivity contribution >= 4 is 28.4 Å². The van der Waals surface area contributed by atoms with Gasteiger partial charge in [-0.2, -0.15) is 0 Å². The van der Waals surface area contributed by atoms with Crippen molar-refractivity contribution < 1.29 is 14.0 Å². The molecule has 0 saturated carbocycles. The fourth-order valence-electron chi connectivity index (χ4n) is 4.58. The zero-order valence-corrected chi connectivity index (χ0v) is 22.0. The van der Waals surface area contributed by atoms with E-state index in [1.165, 1.54) is 28.8 Å². The second-order valence-corrected chi connectivity index (χ2v) is 9.51. The van der Waals surface area contributed by atoms with Crippen LogP contribution in [0.25, 0.3) is 16.6 Å². The van der Waals surface area contributed by atoms with Crippen molar-refractivity contribution in [2.75, 3.05) is 11.9 Å². The van der Waals surface area contributed by atoms with E-state index in [2.05, 4.69) is 10.6 Å². The van der Waals surface area contributed by atoms with Gasteiger partial charge in [0.25, 0.3) is 5.56 Å². The second-order valence-electron chi connectivity index (χ2n) is 9.51. The van der Waals surface area contributed by atoms with Crippen LogP contribution in [0.15, 0.2) is 113 Å². The summed E-state index contributed by atoms with van der Waals surface area (Å²) in [6, 6.07) is 28.3. The van der Waals surface area contributed by atoms with E-state index >= 15 is 0 Å². The molecule has 0 unspecified atom stereocenters. The number of para-hydroxylation sites is 1. The average Bonchev–Trinajstić information content (AvgIpc) is 2.98. The maximum atomic E-state index is 13.6. The van der Waals surface area contributed by atoms with Crippen molar-refractivity contribution in [3.05, 3.63) is 141 Å². The van der Waals surface area contributed by atoms with Crippen molar-refractivity contribution in [1.82, 2.24) is 14.5 Å². The summed E-state index contributed by atoms with van der Waals surface area (Å²) >= 11 is 0. The lowest BCUT2D eigenvalue weighted by atomic mass is 10.1. The molecule has 8 nitrogen and oxygen atoms in total. The number of nitrogens with zero attached hydrogens (tertiary/aromatic N) is 2. The minimum absolute atomic E-state index is 0.133. The number of halogens is 1. The first kappa shape index (κ1) is 27.3. The molecule has 9 heteroatoms.